The molecule has 0 unspecified atom stereocenters. The fraction of sp³-hybridized carbons (Fsp3) is 0.0952. The normalized spacial score (nSPS) is 11.2. The summed E-state index contributed by atoms with van der Waals surface area (Å²) >= 11 is 5.84. The lowest BCUT2D eigenvalue weighted by Crippen LogP contribution is -2.14. The number of phenolic OH excluding ortho intramolecular Hbond substituents is 1. The first kappa shape index (κ1) is 20.5. The number of phenols is 1. The standard InChI is InChI=1S/C21H15ClF3NO3/c1-12-2-6-15(7-3-12)29-19-9-4-13(21(23,24)25)10-17(19)26-20(28)16-11-14(22)5-8-18(16)27/h2-11,27H,1H3,(H,26,28). The maximum absolute atomic E-state index is 13.1. The summed E-state index contributed by atoms with van der Waals surface area (Å²) in [5.41, 5.74) is -0.366. The van der Waals surface area contributed by atoms with Crippen LogP contribution in [-0.4, -0.2) is 11.0 Å². The number of ether oxygens (including phenoxy) is 1. The van der Waals surface area contributed by atoms with Crippen LogP contribution in [0.4, 0.5) is 18.9 Å². The monoisotopic (exact) mass is 421 g/mol. The van der Waals surface area contributed by atoms with Crippen LogP contribution in [-0.2, 0) is 6.18 Å². The summed E-state index contributed by atoms with van der Waals surface area (Å²) in [7, 11) is 0. The predicted molar refractivity (Wildman–Crippen MR) is 104 cm³/mol. The Balaban J connectivity index is 1.98. The van der Waals surface area contributed by atoms with Crippen LogP contribution in [0.2, 0.25) is 5.02 Å². The Kier molecular flexibility index (Phi) is 5.70. The molecule has 29 heavy (non-hydrogen) atoms. The second-order valence-corrected chi connectivity index (χ2v) is 6.68. The fourth-order valence-electron chi connectivity index (χ4n) is 2.51. The van der Waals surface area contributed by atoms with Crippen molar-refractivity contribution in [3.63, 3.8) is 0 Å². The molecular formula is C21H15ClF3NO3. The van der Waals surface area contributed by atoms with Gasteiger partial charge in [0.25, 0.3) is 5.91 Å². The van der Waals surface area contributed by atoms with E-state index in [1.807, 2.05) is 6.92 Å². The maximum atomic E-state index is 13.1. The van der Waals surface area contributed by atoms with Crippen LogP contribution in [0, 0.1) is 6.92 Å². The molecule has 0 heterocycles. The minimum Gasteiger partial charge on any atom is -0.507 e. The van der Waals surface area contributed by atoms with Crippen LogP contribution in [0.1, 0.15) is 21.5 Å². The number of halogens is 4. The van der Waals surface area contributed by atoms with Crippen molar-refractivity contribution in [1.82, 2.24) is 0 Å². The lowest BCUT2D eigenvalue weighted by Gasteiger charge is -2.16. The van der Waals surface area contributed by atoms with Crippen LogP contribution >= 0.6 is 11.6 Å². The van der Waals surface area contributed by atoms with Gasteiger partial charge < -0.3 is 15.2 Å². The summed E-state index contributed by atoms with van der Waals surface area (Å²) in [5, 5.41) is 12.4. The molecule has 0 aliphatic carbocycles. The van der Waals surface area contributed by atoms with Gasteiger partial charge in [-0.25, -0.2) is 0 Å². The Bertz CT molecular complexity index is 1050. The summed E-state index contributed by atoms with van der Waals surface area (Å²) in [6.45, 7) is 1.88. The Morgan fingerprint density at radius 3 is 2.38 bits per heavy atom. The van der Waals surface area contributed by atoms with Gasteiger partial charge in [0, 0.05) is 5.02 Å². The number of carbonyl (C=O) groups excluding carboxylic acids is 1. The number of amides is 1. The first-order chi connectivity index (χ1) is 13.6. The van der Waals surface area contributed by atoms with Gasteiger partial charge in [-0.3, -0.25) is 4.79 Å². The second kappa shape index (κ2) is 8.05. The Morgan fingerprint density at radius 2 is 1.72 bits per heavy atom. The average Bonchev–Trinajstić information content (AvgIpc) is 2.66. The number of nitrogens with one attached hydrogen (secondary N) is 1. The van der Waals surface area contributed by atoms with Gasteiger partial charge in [0.15, 0.2) is 5.75 Å². The topological polar surface area (TPSA) is 58.6 Å². The number of carbonyl (C=O) groups is 1. The van der Waals surface area contributed by atoms with Crippen molar-refractivity contribution in [3.8, 4) is 17.2 Å². The third kappa shape index (κ3) is 5.00. The van der Waals surface area contributed by atoms with Crippen molar-refractivity contribution in [2.45, 2.75) is 13.1 Å². The molecular weight excluding hydrogens is 407 g/mol. The van der Waals surface area contributed by atoms with E-state index in [-0.39, 0.29) is 27.8 Å². The van der Waals surface area contributed by atoms with Crippen LogP contribution in [0.5, 0.6) is 17.2 Å². The van der Waals surface area contributed by atoms with E-state index >= 15 is 0 Å². The predicted octanol–water partition coefficient (Wildman–Crippen LogP) is 6.42. The molecule has 0 spiro atoms. The van der Waals surface area contributed by atoms with Crippen molar-refractivity contribution in [2.24, 2.45) is 0 Å². The molecule has 0 bridgehead atoms. The molecule has 0 atom stereocenters. The van der Waals surface area contributed by atoms with E-state index in [0.717, 1.165) is 23.8 Å². The Hall–Kier alpha value is -3.19. The van der Waals surface area contributed by atoms with Crippen molar-refractivity contribution < 1.29 is 27.8 Å². The molecule has 0 radical (unpaired) electrons. The van der Waals surface area contributed by atoms with Crippen molar-refractivity contribution >= 4 is 23.2 Å². The molecule has 4 nitrogen and oxygen atoms in total. The van der Waals surface area contributed by atoms with E-state index in [4.69, 9.17) is 16.3 Å². The largest absolute Gasteiger partial charge is 0.507 e. The number of anilines is 1. The summed E-state index contributed by atoms with van der Waals surface area (Å²) in [6, 6.07) is 13.4. The van der Waals surface area contributed by atoms with Gasteiger partial charge in [0.05, 0.1) is 16.8 Å². The second-order valence-electron chi connectivity index (χ2n) is 6.24. The summed E-state index contributed by atoms with van der Waals surface area (Å²) in [6.07, 6.45) is -4.61. The minimum atomic E-state index is -4.61. The van der Waals surface area contributed by atoms with Crippen molar-refractivity contribution in [2.75, 3.05) is 5.32 Å². The molecule has 0 aliphatic rings. The highest BCUT2D eigenvalue weighted by atomic mass is 35.5. The molecule has 8 heteroatoms. The van der Waals surface area contributed by atoms with Crippen LogP contribution in [0.25, 0.3) is 0 Å². The highest BCUT2D eigenvalue weighted by Crippen LogP contribution is 2.37. The average molecular weight is 422 g/mol. The molecule has 0 saturated carbocycles. The molecule has 0 aliphatic heterocycles. The number of rotatable bonds is 4. The van der Waals surface area contributed by atoms with E-state index in [9.17, 15) is 23.1 Å². The van der Waals surface area contributed by atoms with Crippen LogP contribution in [0.15, 0.2) is 60.7 Å². The van der Waals surface area contributed by atoms with Gasteiger partial charge in [-0.1, -0.05) is 29.3 Å². The summed E-state index contributed by atoms with van der Waals surface area (Å²) in [4.78, 5) is 12.5. The Morgan fingerprint density at radius 1 is 1.03 bits per heavy atom. The van der Waals surface area contributed by atoms with Crippen molar-refractivity contribution in [3.05, 3.63) is 82.4 Å². The quantitative estimate of drug-likeness (QED) is 0.511. The number of benzene rings is 3. The zero-order valence-electron chi connectivity index (χ0n) is 15.0. The molecule has 2 N–H and O–H groups in total. The van der Waals surface area contributed by atoms with Crippen molar-refractivity contribution in [1.29, 1.82) is 0 Å². The van der Waals surface area contributed by atoms with E-state index in [1.165, 1.54) is 18.2 Å². The third-order valence-electron chi connectivity index (χ3n) is 4.01. The fourth-order valence-corrected chi connectivity index (χ4v) is 2.68. The highest BCUT2D eigenvalue weighted by molar-refractivity contribution is 6.31. The van der Waals surface area contributed by atoms with Gasteiger partial charge in [-0.2, -0.15) is 13.2 Å². The molecule has 150 valence electrons. The number of alkyl halides is 3. The van der Waals surface area contributed by atoms with E-state index in [1.54, 1.807) is 24.3 Å². The number of hydrogen-bond donors (Lipinski definition) is 2. The van der Waals surface area contributed by atoms with Crippen LogP contribution in [0.3, 0.4) is 0 Å². The first-order valence-electron chi connectivity index (χ1n) is 8.39. The van der Waals surface area contributed by atoms with Gasteiger partial charge in [0.2, 0.25) is 0 Å². The molecule has 3 aromatic carbocycles. The summed E-state index contributed by atoms with van der Waals surface area (Å²) < 4.78 is 45.1. The highest BCUT2D eigenvalue weighted by Gasteiger charge is 2.31. The molecule has 0 saturated heterocycles. The molecule has 1 amide bonds. The number of aromatic hydroxyl groups is 1. The molecule has 3 aromatic rings. The van der Waals surface area contributed by atoms with E-state index in [0.29, 0.717) is 5.75 Å². The van der Waals surface area contributed by atoms with Gasteiger partial charge in [-0.15, -0.1) is 0 Å². The lowest BCUT2D eigenvalue weighted by molar-refractivity contribution is -0.137. The number of aryl methyl sites for hydroxylation is 1. The minimum absolute atomic E-state index is 0.0109. The Labute approximate surface area is 169 Å². The van der Waals surface area contributed by atoms with Gasteiger partial charge >= 0.3 is 6.18 Å². The smallest absolute Gasteiger partial charge is 0.416 e. The van der Waals surface area contributed by atoms with Crippen LogP contribution < -0.4 is 10.1 Å². The SMILES string of the molecule is Cc1ccc(Oc2ccc(C(F)(F)F)cc2NC(=O)c2cc(Cl)ccc2O)cc1. The molecule has 0 aromatic heterocycles. The number of hydrogen-bond acceptors (Lipinski definition) is 3. The lowest BCUT2D eigenvalue weighted by atomic mass is 10.1. The zero-order valence-corrected chi connectivity index (χ0v) is 15.8. The van der Waals surface area contributed by atoms with Gasteiger partial charge in [0.1, 0.15) is 11.5 Å². The van der Waals surface area contributed by atoms with E-state index < -0.39 is 17.6 Å². The third-order valence-corrected chi connectivity index (χ3v) is 4.24. The summed E-state index contributed by atoms with van der Waals surface area (Å²) in [5.74, 6) is -0.800. The molecule has 0 fully saturated rings. The first-order valence-corrected chi connectivity index (χ1v) is 8.77. The van der Waals surface area contributed by atoms with E-state index in [2.05, 4.69) is 5.32 Å². The zero-order chi connectivity index (χ0) is 21.2. The molecule has 3 rings (SSSR count). The maximum Gasteiger partial charge on any atom is 0.416 e. The van der Waals surface area contributed by atoms with Gasteiger partial charge in [-0.05, 0) is 55.5 Å².